The second kappa shape index (κ2) is 7.77. The maximum Gasteiger partial charge on any atom is 0.230 e. The van der Waals surface area contributed by atoms with Crippen molar-refractivity contribution in [3.05, 3.63) is 70.2 Å². The van der Waals surface area contributed by atoms with E-state index in [1.165, 1.54) is 43.4 Å². The number of benzene rings is 2. The Morgan fingerprint density at radius 3 is 2.41 bits per heavy atom. The van der Waals surface area contributed by atoms with Crippen LogP contribution in [0.3, 0.4) is 0 Å². The highest BCUT2D eigenvalue weighted by atomic mass is 35.5. The molecule has 1 amide bonds. The Hall–Kier alpha value is -1.84. The quantitative estimate of drug-likeness (QED) is 0.796. The van der Waals surface area contributed by atoms with Gasteiger partial charge >= 0.3 is 0 Å². The predicted molar refractivity (Wildman–Crippen MR) is 117 cm³/mol. The molecule has 152 valence electrons. The largest absolute Gasteiger partial charge is 0.355 e. The van der Waals surface area contributed by atoms with Crippen molar-refractivity contribution in [1.82, 2.24) is 10.2 Å². The summed E-state index contributed by atoms with van der Waals surface area (Å²) in [4.78, 5) is 15.7. The minimum Gasteiger partial charge on any atom is -0.355 e. The third-order valence-electron chi connectivity index (χ3n) is 7.23. The van der Waals surface area contributed by atoms with Gasteiger partial charge in [-0.2, -0.15) is 0 Å². The van der Waals surface area contributed by atoms with Crippen molar-refractivity contribution in [3.63, 3.8) is 0 Å². The maximum atomic E-state index is 13.0. The fourth-order valence-corrected chi connectivity index (χ4v) is 5.46. The summed E-state index contributed by atoms with van der Waals surface area (Å²) in [7, 11) is 0. The average Bonchev–Trinajstić information content (AvgIpc) is 3.45. The molecule has 3 nitrogen and oxygen atoms in total. The van der Waals surface area contributed by atoms with Crippen LogP contribution < -0.4 is 5.32 Å². The molecule has 0 aromatic heterocycles. The van der Waals surface area contributed by atoms with Crippen LogP contribution in [0, 0.1) is 5.92 Å². The summed E-state index contributed by atoms with van der Waals surface area (Å²) < 4.78 is 0. The molecule has 0 bridgehead atoms. The number of hydrogen-bond acceptors (Lipinski definition) is 2. The van der Waals surface area contributed by atoms with Crippen LogP contribution in [0.25, 0.3) is 0 Å². The van der Waals surface area contributed by atoms with Crippen molar-refractivity contribution < 1.29 is 4.79 Å². The highest BCUT2D eigenvalue weighted by Crippen LogP contribution is 2.48. The fourth-order valence-electron chi connectivity index (χ4n) is 5.34. The molecule has 2 aliphatic carbocycles. The molecule has 1 saturated heterocycles. The second-order valence-corrected chi connectivity index (χ2v) is 9.57. The summed E-state index contributed by atoms with van der Waals surface area (Å²) in [6.07, 6.45) is 6.68. The molecule has 0 unspecified atom stereocenters. The molecule has 2 aromatic rings. The standard InChI is InChI=1S/C25H29ClN2O/c26-22-9-7-21(8-10-22)25(11-12-25)24(29)27-16-18-4-3-13-28(17-18)23-14-19-5-1-2-6-20(19)15-23/h1-2,5-10,18,23H,3-4,11-17H2,(H,27,29)/t18-/m1/s1. The van der Waals surface area contributed by atoms with Gasteiger partial charge in [-0.15, -0.1) is 0 Å². The Kier molecular flexibility index (Phi) is 5.13. The van der Waals surface area contributed by atoms with Crippen LogP contribution in [-0.4, -0.2) is 36.5 Å². The van der Waals surface area contributed by atoms with Gasteiger partial charge in [-0.25, -0.2) is 0 Å². The van der Waals surface area contributed by atoms with E-state index in [1.807, 2.05) is 24.3 Å². The normalized spacial score (nSPS) is 23.6. The molecule has 29 heavy (non-hydrogen) atoms. The number of carbonyl (C=O) groups excluding carboxylic acids is 1. The van der Waals surface area contributed by atoms with Gasteiger partial charge in [0.05, 0.1) is 5.41 Å². The van der Waals surface area contributed by atoms with Crippen molar-refractivity contribution >= 4 is 17.5 Å². The van der Waals surface area contributed by atoms with Gasteiger partial charge in [0.1, 0.15) is 0 Å². The van der Waals surface area contributed by atoms with Crippen LogP contribution in [0.15, 0.2) is 48.5 Å². The van der Waals surface area contributed by atoms with E-state index in [1.54, 1.807) is 0 Å². The van der Waals surface area contributed by atoms with Gasteiger partial charge in [-0.05, 0) is 79.8 Å². The second-order valence-electron chi connectivity index (χ2n) is 9.13. The summed E-state index contributed by atoms with van der Waals surface area (Å²) in [5.74, 6) is 0.752. The molecule has 0 spiro atoms. The number of carbonyl (C=O) groups is 1. The molecule has 3 aliphatic rings. The van der Waals surface area contributed by atoms with E-state index in [2.05, 4.69) is 34.5 Å². The van der Waals surface area contributed by atoms with E-state index in [0.717, 1.165) is 36.5 Å². The smallest absolute Gasteiger partial charge is 0.230 e. The number of hydrogen-bond donors (Lipinski definition) is 1. The zero-order valence-electron chi connectivity index (χ0n) is 16.9. The van der Waals surface area contributed by atoms with Crippen molar-refractivity contribution in [2.24, 2.45) is 5.92 Å². The van der Waals surface area contributed by atoms with Crippen LogP contribution >= 0.6 is 11.6 Å². The summed E-state index contributed by atoms with van der Waals surface area (Å²) in [6, 6.07) is 17.3. The number of piperidine rings is 1. The van der Waals surface area contributed by atoms with E-state index in [-0.39, 0.29) is 11.3 Å². The first-order valence-electron chi connectivity index (χ1n) is 11.0. The Morgan fingerprint density at radius 1 is 1.07 bits per heavy atom. The van der Waals surface area contributed by atoms with Gasteiger partial charge in [-0.3, -0.25) is 9.69 Å². The lowest BCUT2D eigenvalue weighted by Gasteiger charge is -2.37. The lowest BCUT2D eigenvalue weighted by atomic mass is 9.93. The molecule has 2 fully saturated rings. The van der Waals surface area contributed by atoms with Gasteiger partial charge in [0.25, 0.3) is 0 Å². The van der Waals surface area contributed by atoms with Gasteiger partial charge < -0.3 is 5.32 Å². The first-order valence-corrected chi connectivity index (χ1v) is 11.4. The molecule has 1 aliphatic heterocycles. The van der Waals surface area contributed by atoms with Gasteiger partial charge in [0, 0.05) is 24.2 Å². The number of fused-ring (bicyclic) bond motifs is 1. The Labute approximate surface area is 178 Å². The Balaban J connectivity index is 1.17. The molecule has 2 aromatic carbocycles. The molecule has 1 heterocycles. The number of rotatable bonds is 5. The molecule has 5 rings (SSSR count). The highest BCUT2D eigenvalue weighted by molar-refractivity contribution is 6.30. The monoisotopic (exact) mass is 408 g/mol. The maximum absolute atomic E-state index is 13.0. The predicted octanol–water partition coefficient (Wildman–Crippen LogP) is 4.37. The number of amides is 1. The van der Waals surface area contributed by atoms with Gasteiger partial charge in [0.15, 0.2) is 0 Å². The summed E-state index contributed by atoms with van der Waals surface area (Å²) in [6.45, 7) is 3.09. The van der Waals surface area contributed by atoms with Crippen LogP contribution in [0.2, 0.25) is 5.02 Å². The summed E-state index contributed by atoms with van der Waals surface area (Å²) >= 11 is 6.02. The van der Waals surface area contributed by atoms with E-state index in [0.29, 0.717) is 12.0 Å². The lowest BCUT2D eigenvalue weighted by molar-refractivity contribution is -0.123. The van der Waals surface area contributed by atoms with E-state index in [4.69, 9.17) is 11.6 Å². The average molecular weight is 409 g/mol. The topological polar surface area (TPSA) is 32.3 Å². The zero-order chi connectivity index (χ0) is 19.8. The Bertz CT molecular complexity index is 865. The molecular weight excluding hydrogens is 380 g/mol. The molecule has 4 heteroatoms. The third-order valence-corrected chi connectivity index (χ3v) is 7.48. The van der Waals surface area contributed by atoms with Crippen molar-refractivity contribution in [1.29, 1.82) is 0 Å². The highest BCUT2D eigenvalue weighted by Gasteiger charge is 2.51. The third kappa shape index (κ3) is 3.83. The zero-order valence-corrected chi connectivity index (χ0v) is 17.6. The first kappa shape index (κ1) is 19.1. The van der Waals surface area contributed by atoms with Crippen LogP contribution in [0.4, 0.5) is 0 Å². The van der Waals surface area contributed by atoms with Crippen molar-refractivity contribution in [2.75, 3.05) is 19.6 Å². The fraction of sp³-hybridized carbons (Fsp3) is 0.480. The van der Waals surface area contributed by atoms with E-state index >= 15 is 0 Å². The number of nitrogens with zero attached hydrogens (tertiary/aromatic N) is 1. The van der Waals surface area contributed by atoms with Crippen molar-refractivity contribution in [3.8, 4) is 0 Å². The van der Waals surface area contributed by atoms with Crippen LogP contribution in [0.5, 0.6) is 0 Å². The number of nitrogens with one attached hydrogen (secondary N) is 1. The molecule has 0 radical (unpaired) electrons. The summed E-state index contributed by atoms with van der Waals surface area (Å²) in [5.41, 5.74) is 3.83. The lowest BCUT2D eigenvalue weighted by Crippen LogP contribution is -2.47. The minimum absolute atomic E-state index is 0.199. The number of likely N-dealkylation sites (tertiary alicyclic amines) is 1. The van der Waals surface area contributed by atoms with Crippen LogP contribution in [-0.2, 0) is 23.1 Å². The number of halogens is 1. The molecule has 1 N–H and O–H groups in total. The van der Waals surface area contributed by atoms with E-state index in [9.17, 15) is 4.79 Å². The summed E-state index contributed by atoms with van der Waals surface area (Å²) in [5, 5.41) is 4.02. The minimum atomic E-state index is -0.313. The molecular formula is C25H29ClN2O. The van der Waals surface area contributed by atoms with Gasteiger partial charge in [-0.1, -0.05) is 48.0 Å². The SMILES string of the molecule is O=C(NC[C@H]1CCCN(C2Cc3ccccc3C2)C1)C1(c2ccc(Cl)cc2)CC1. The van der Waals surface area contributed by atoms with Crippen molar-refractivity contribution in [2.45, 2.75) is 50.0 Å². The van der Waals surface area contributed by atoms with Crippen LogP contribution in [0.1, 0.15) is 42.4 Å². The molecule has 1 saturated carbocycles. The Morgan fingerprint density at radius 2 is 1.76 bits per heavy atom. The first-order chi connectivity index (χ1) is 14.1. The molecule has 1 atom stereocenters. The van der Waals surface area contributed by atoms with E-state index < -0.39 is 0 Å². The van der Waals surface area contributed by atoms with Gasteiger partial charge in [0.2, 0.25) is 5.91 Å².